The molecule has 0 saturated carbocycles. The molecule has 0 radical (unpaired) electrons. The maximum absolute atomic E-state index is 6.95. The van der Waals surface area contributed by atoms with E-state index in [1.807, 2.05) is 182 Å². The SMILES string of the molecule is c1ccc(-c2nc(-c3ccccc3)nc(-c3cc4oc5c(ccc6c7ccccc7c7ccccc7c65)c4c4ccccc34)n2)cc1.c1ccc(-c2nc(-c3ccccc3)nc(-c3cc4oc5cc6c7ccccc7c7ccccc7c6cc5c4c4ccccc34)n2)cc1.c1ccc(-c2nc(-c3ccccc3)nc(-c3cc4oc5ccc6c7ccccc7c7ccccc7c6c5c4c4ccccc34)n2)cc1. The van der Waals surface area contributed by atoms with Crippen molar-refractivity contribution in [2.75, 3.05) is 0 Å². The summed E-state index contributed by atoms with van der Waals surface area (Å²) >= 11 is 0. The van der Waals surface area contributed by atoms with Gasteiger partial charge in [0.15, 0.2) is 52.4 Å². The number of fused-ring (bicyclic) bond motifs is 35. The van der Waals surface area contributed by atoms with Crippen molar-refractivity contribution in [2.45, 2.75) is 0 Å². The summed E-state index contributed by atoms with van der Waals surface area (Å²) in [5.41, 5.74) is 13.4. The molecule has 0 amide bonds. The number of hydrogen-bond acceptors (Lipinski definition) is 12. The van der Waals surface area contributed by atoms with Crippen LogP contribution in [-0.4, -0.2) is 44.9 Å². The van der Waals surface area contributed by atoms with Crippen molar-refractivity contribution in [3.63, 3.8) is 0 Å². The summed E-state index contributed by atoms with van der Waals surface area (Å²) < 4.78 is 20.5. The Balaban J connectivity index is 0.000000104. The van der Waals surface area contributed by atoms with E-state index in [9.17, 15) is 0 Å². The van der Waals surface area contributed by atoms with Crippen LogP contribution in [-0.2, 0) is 0 Å². The van der Waals surface area contributed by atoms with Gasteiger partial charge < -0.3 is 13.3 Å². The standard InChI is InChI=1S/3C43H25N3O/c1-3-13-26(14-4-1)41-44-42(27-15-5-2-6-16-27)46-43(45-41)36-25-39-40(33-22-12-11-21-32(33)36)37-23-34-30-19-9-7-17-28(30)29-18-8-10-20-31(29)35(34)24-38(37)47-39;1-3-13-26(14-4-1)41-44-42(27-15-5-2-6-16-27)46-43(45-41)36-25-37-38(32-21-11-10-20-31(32)36)35-24-23-34-30-19-8-7-17-28(30)29-18-9-12-22-33(29)39(34)40(35)47-37;1-3-13-26(14-4-1)41-44-42(27-15-5-2-6-16-27)46-43(45-41)35-25-37-39(33-22-12-10-20-31(33)35)40-36(47-37)24-23-34-30-19-8-7-17-28(30)29-18-9-11-21-32(29)38(34)40/h3*1-25H. The Morgan fingerprint density at radius 3 is 0.681 bits per heavy atom. The maximum Gasteiger partial charge on any atom is 0.164 e. The van der Waals surface area contributed by atoms with E-state index in [0.29, 0.717) is 52.4 Å². The first-order valence-electron chi connectivity index (χ1n) is 47.4. The smallest absolute Gasteiger partial charge is 0.164 e. The topological polar surface area (TPSA) is 155 Å². The van der Waals surface area contributed by atoms with Gasteiger partial charge in [-0.1, -0.05) is 406 Å². The second-order valence-corrected chi connectivity index (χ2v) is 35.8. The van der Waals surface area contributed by atoms with Crippen LogP contribution in [0.15, 0.2) is 468 Å². The van der Waals surface area contributed by atoms with Gasteiger partial charge in [-0.05, 0) is 167 Å². The molecule has 0 unspecified atom stereocenters. The van der Waals surface area contributed by atoms with Gasteiger partial charge in [0.1, 0.15) is 33.5 Å². The zero-order valence-corrected chi connectivity index (χ0v) is 75.6. The van der Waals surface area contributed by atoms with Gasteiger partial charge >= 0.3 is 0 Å². The molecule has 0 N–H and O–H groups in total. The second-order valence-electron chi connectivity index (χ2n) is 35.8. The van der Waals surface area contributed by atoms with Crippen LogP contribution in [0.4, 0.5) is 0 Å². The van der Waals surface area contributed by atoms with Gasteiger partial charge in [0.25, 0.3) is 0 Å². The molecule has 12 heteroatoms. The molecule has 0 aliphatic heterocycles. The predicted molar refractivity (Wildman–Crippen MR) is 580 cm³/mol. The summed E-state index contributed by atoms with van der Waals surface area (Å²) in [6, 6.07) is 158. The highest BCUT2D eigenvalue weighted by Crippen LogP contribution is 2.51. The molecular weight excluding hydrogens is 1720 g/mol. The largest absolute Gasteiger partial charge is 0.456 e. The fourth-order valence-electron chi connectivity index (χ4n) is 21.6. The second kappa shape index (κ2) is 32.8. The van der Waals surface area contributed by atoms with Gasteiger partial charge in [0.05, 0.1) is 0 Å². The number of aromatic nitrogens is 9. The van der Waals surface area contributed by atoms with Crippen molar-refractivity contribution < 1.29 is 13.3 Å². The first kappa shape index (κ1) is 80.3. The van der Waals surface area contributed by atoms with Crippen molar-refractivity contribution in [1.29, 1.82) is 0 Å². The van der Waals surface area contributed by atoms with Gasteiger partial charge in [-0.2, -0.15) is 0 Å². The van der Waals surface area contributed by atoms with Crippen LogP contribution in [0.3, 0.4) is 0 Å². The molecule has 30 aromatic rings. The summed E-state index contributed by atoms with van der Waals surface area (Å²) in [5, 5.41) is 35.1. The summed E-state index contributed by atoms with van der Waals surface area (Å²) in [5.74, 6) is 5.62. The third-order valence-corrected chi connectivity index (χ3v) is 27.9. The van der Waals surface area contributed by atoms with Gasteiger partial charge in [-0.3, -0.25) is 0 Å². The van der Waals surface area contributed by atoms with E-state index in [-0.39, 0.29) is 0 Å². The third-order valence-electron chi connectivity index (χ3n) is 27.9. The molecule has 0 fully saturated rings. The van der Waals surface area contributed by atoms with Crippen molar-refractivity contribution >= 4 is 195 Å². The molecule has 0 atom stereocenters. The highest BCUT2D eigenvalue weighted by molar-refractivity contribution is 6.39. The third kappa shape index (κ3) is 13.3. The van der Waals surface area contributed by atoms with E-state index in [0.717, 1.165) is 154 Å². The molecule has 141 heavy (non-hydrogen) atoms. The lowest BCUT2D eigenvalue weighted by Crippen LogP contribution is -2.00. The lowest BCUT2D eigenvalue weighted by molar-refractivity contribution is 0.669. The summed E-state index contributed by atoms with van der Waals surface area (Å²) in [4.78, 5) is 45.2. The number of hydrogen-bond donors (Lipinski definition) is 0. The molecule has 6 heterocycles. The van der Waals surface area contributed by atoms with Gasteiger partial charge in [-0.25, -0.2) is 44.9 Å². The first-order valence-corrected chi connectivity index (χ1v) is 47.4. The maximum atomic E-state index is 6.95. The zero-order chi connectivity index (χ0) is 92.7. The average Bonchev–Trinajstić information content (AvgIpc) is 1.56. The van der Waals surface area contributed by atoms with E-state index in [1.165, 1.54) is 91.6 Å². The number of nitrogens with zero attached hydrogens (tertiary/aromatic N) is 9. The van der Waals surface area contributed by atoms with Gasteiger partial charge in [-0.15, -0.1) is 0 Å². The minimum absolute atomic E-state index is 0.609. The zero-order valence-electron chi connectivity index (χ0n) is 75.6. The minimum atomic E-state index is 0.609. The molecule has 0 bridgehead atoms. The molecule has 0 aliphatic rings. The van der Waals surface area contributed by atoms with Crippen LogP contribution >= 0.6 is 0 Å². The highest BCUT2D eigenvalue weighted by atomic mass is 16.3. The molecule has 0 aliphatic carbocycles. The number of rotatable bonds is 9. The first-order chi connectivity index (χ1) is 69.9. The molecule has 654 valence electrons. The van der Waals surface area contributed by atoms with Crippen LogP contribution < -0.4 is 0 Å². The Hall–Kier alpha value is -19.2. The molecule has 30 rings (SSSR count). The van der Waals surface area contributed by atoms with Gasteiger partial charge in [0, 0.05) is 93.2 Å². The van der Waals surface area contributed by atoms with Crippen molar-refractivity contribution in [2.24, 2.45) is 0 Å². The van der Waals surface area contributed by atoms with E-state index in [1.54, 1.807) is 0 Å². The molecule has 12 nitrogen and oxygen atoms in total. The Morgan fingerprint density at radius 2 is 0.333 bits per heavy atom. The fourth-order valence-corrected chi connectivity index (χ4v) is 21.6. The Labute approximate surface area is 805 Å². The minimum Gasteiger partial charge on any atom is -0.456 e. The highest BCUT2D eigenvalue weighted by Gasteiger charge is 2.28. The van der Waals surface area contributed by atoms with E-state index in [4.69, 9.17) is 58.1 Å². The number of benzene rings is 24. The van der Waals surface area contributed by atoms with E-state index in [2.05, 4.69) is 273 Å². The molecular formula is C129H75N9O3. The van der Waals surface area contributed by atoms with Crippen LogP contribution in [0.25, 0.3) is 298 Å². The lowest BCUT2D eigenvalue weighted by Gasteiger charge is -2.12. The Kier molecular flexibility index (Phi) is 18.7. The van der Waals surface area contributed by atoms with Crippen LogP contribution in [0.2, 0.25) is 0 Å². The lowest BCUT2D eigenvalue weighted by atomic mass is 9.90. The van der Waals surface area contributed by atoms with E-state index < -0.39 is 0 Å². The molecule has 24 aromatic carbocycles. The predicted octanol–water partition coefficient (Wildman–Crippen LogP) is 34.2. The van der Waals surface area contributed by atoms with E-state index >= 15 is 0 Å². The van der Waals surface area contributed by atoms with Crippen LogP contribution in [0.5, 0.6) is 0 Å². The number of furan rings is 3. The fraction of sp³-hybridized carbons (Fsp3) is 0. The summed E-state index contributed by atoms with van der Waals surface area (Å²) in [6.07, 6.45) is 0. The quantitative estimate of drug-likeness (QED) is 0.126. The molecule has 0 spiro atoms. The van der Waals surface area contributed by atoms with Crippen LogP contribution in [0.1, 0.15) is 0 Å². The van der Waals surface area contributed by atoms with Gasteiger partial charge in [0.2, 0.25) is 0 Å². The monoisotopic (exact) mass is 1800 g/mol. The normalized spacial score (nSPS) is 11.8. The van der Waals surface area contributed by atoms with Crippen molar-refractivity contribution in [3.8, 4) is 102 Å². The summed E-state index contributed by atoms with van der Waals surface area (Å²) in [7, 11) is 0. The Morgan fingerprint density at radius 1 is 0.113 bits per heavy atom. The van der Waals surface area contributed by atoms with Crippen molar-refractivity contribution in [1.82, 2.24) is 44.9 Å². The molecule has 0 saturated heterocycles. The average molecular weight is 1800 g/mol. The van der Waals surface area contributed by atoms with Crippen molar-refractivity contribution in [3.05, 3.63) is 455 Å². The molecule has 6 aromatic heterocycles. The van der Waals surface area contributed by atoms with Crippen LogP contribution in [0, 0.1) is 0 Å². The summed E-state index contributed by atoms with van der Waals surface area (Å²) in [6.45, 7) is 0. The Bertz CT molecular complexity index is 9870.